The van der Waals surface area contributed by atoms with Gasteiger partial charge in [0.2, 0.25) is 5.91 Å². The molecule has 0 aliphatic carbocycles. The Bertz CT molecular complexity index is 680. The van der Waals surface area contributed by atoms with Gasteiger partial charge in [0.15, 0.2) is 0 Å². The number of aliphatic hydroxyl groups is 1. The number of nitrogens with one attached hydrogen (secondary N) is 1. The topological polar surface area (TPSA) is 73.1 Å². The van der Waals surface area contributed by atoms with Gasteiger partial charge in [-0.3, -0.25) is 4.79 Å². The van der Waals surface area contributed by atoms with Gasteiger partial charge in [-0.25, -0.2) is 0 Å². The van der Waals surface area contributed by atoms with Crippen LogP contribution >= 0.6 is 0 Å². The average Bonchev–Trinajstić information content (AvgIpc) is 2.54. The first-order valence-electron chi connectivity index (χ1n) is 6.40. The Morgan fingerprint density at radius 3 is 2.38 bits per heavy atom. The summed E-state index contributed by atoms with van der Waals surface area (Å²) in [7, 11) is 0. The smallest absolute Gasteiger partial charge is 0.248 e. The number of aliphatic hydroxyl groups excluding tert-OH is 1. The minimum atomic E-state index is -0.240. The fourth-order valence-electron chi connectivity index (χ4n) is 1.72. The summed E-state index contributed by atoms with van der Waals surface area (Å²) in [5.41, 5.74) is 2.89. The standard InChI is InChI=1S/C17H14N2O2/c18-11-14-3-1-13(2-4-14)7-10-17(21)19-16-8-5-15(12-20)6-9-16/h1-10,20H,12H2,(H,19,21). The molecule has 21 heavy (non-hydrogen) atoms. The van der Waals surface area contributed by atoms with E-state index in [1.54, 1.807) is 54.6 Å². The molecule has 0 saturated heterocycles. The summed E-state index contributed by atoms with van der Waals surface area (Å²) in [4.78, 5) is 11.8. The Morgan fingerprint density at radius 1 is 1.14 bits per heavy atom. The van der Waals surface area contributed by atoms with Crippen molar-refractivity contribution in [2.75, 3.05) is 5.32 Å². The third-order valence-corrected chi connectivity index (χ3v) is 2.87. The van der Waals surface area contributed by atoms with Crippen LogP contribution in [0.25, 0.3) is 6.08 Å². The van der Waals surface area contributed by atoms with Crippen LogP contribution in [0.4, 0.5) is 5.69 Å². The van der Waals surface area contributed by atoms with E-state index < -0.39 is 0 Å². The maximum Gasteiger partial charge on any atom is 0.248 e. The van der Waals surface area contributed by atoms with Crippen LogP contribution in [-0.4, -0.2) is 11.0 Å². The first-order valence-corrected chi connectivity index (χ1v) is 6.40. The highest BCUT2D eigenvalue weighted by atomic mass is 16.3. The van der Waals surface area contributed by atoms with Crippen molar-refractivity contribution < 1.29 is 9.90 Å². The molecule has 4 nitrogen and oxygen atoms in total. The van der Waals surface area contributed by atoms with Gasteiger partial charge in [0.1, 0.15) is 0 Å². The van der Waals surface area contributed by atoms with Gasteiger partial charge in [0, 0.05) is 11.8 Å². The minimum absolute atomic E-state index is 0.0210. The molecule has 104 valence electrons. The lowest BCUT2D eigenvalue weighted by Gasteiger charge is -2.03. The third-order valence-electron chi connectivity index (χ3n) is 2.87. The maximum atomic E-state index is 11.8. The van der Waals surface area contributed by atoms with Gasteiger partial charge >= 0.3 is 0 Å². The van der Waals surface area contributed by atoms with Crippen LogP contribution in [0.3, 0.4) is 0 Å². The summed E-state index contributed by atoms with van der Waals surface area (Å²) in [6.07, 6.45) is 3.11. The molecule has 2 N–H and O–H groups in total. The average molecular weight is 278 g/mol. The van der Waals surface area contributed by atoms with Gasteiger partial charge in [-0.15, -0.1) is 0 Å². The highest BCUT2D eigenvalue weighted by molar-refractivity contribution is 6.01. The molecule has 0 bridgehead atoms. The number of carbonyl (C=O) groups excluding carboxylic acids is 1. The van der Waals surface area contributed by atoms with E-state index in [1.807, 2.05) is 6.07 Å². The fraction of sp³-hybridized carbons (Fsp3) is 0.0588. The van der Waals surface area contributed by atoms with E-state index >= 15 is 0 Å². The maximum absolute atomic E-state index is 11.8. The molecule has 0 aliphatic heterocycles. The number of nitrogens with zero attached hydrogens (tertiary/aromatic N) is 1. The number of benzene rings is 2. The van der Waals surface area contributed by atoms with Crippen molar-refractivity contribution >= 4 is 17.7 Å². The molecule has 0 atom stereocenters. The number of anilines is 1. The molecule has 0 saturated carbocycles. The quantitative estimate of drug-likeness (QED) is 0.844. The lowest BCUT2D eigenvalue weighted by molar-refractivity contribution is -0.111. The molecule has 1 amide bonds. The monoisotopic (exact) mass is 278 g/mol. The third kappa shape index (κ3) is 4.30. The number of rotatable bonds is 4. The zero-order chi connectivity index (χ0) is 15.1. The zero-order valence-corrected chi connectivity index (χ0v) is 11.3. The van der Waals surface area contributed by atoms with E-state index in [4.69, 9.17) is 10.4 Å². The van der Waals surface area contributed by atoms with Crippen molar-refractivity contribution in [1.29, 1.82) is 5.26 Å². The molecule has 2 aromatic carbocycles. The molecule has 2 rings (SSSR count). The minimum Gasteiger partial charge on any atom is -0.392 e. The van der Waals surface area contributed by atoms with Gasteiger partial charge < -0.3 is 10.4 Å². The van der Waals surface area contributed by atoms with Crippen molar-refractivity contribution in [2.24, 2.45) is 0 Å². The number of hydrogen-bond acceptors (Lipinski definition) is 3. The predicted molar refractivity (Wildman–Crippen MR) is 81.2 cm³/mol. The second kappa shape index (κ2) is 7.04. The second-order valence-corrected chi connectivity index (χ2v) is 4.41. The number of carbonyl (C=O) groups is 1. The largest absolute Gasteiger partial charge is 0.392 e. The Morgan fingerprint density at radius 2 is 1.81 bits per heavy atom. The molecule has 2 aromatic rings. The summed E-state index contributed by atoms with van der Waals surface area (Å²) in [6, 6.07) is 16.0. The van der Waals surface area contributed by atoms with E-state index in [-0.39, 0.29) is 12.5 Å². The summed E-state index contributed by atoms with van der Waals surface area (Å²) in [6.45, 7) is -0.0210. The van der Waals surface area contributed by atoms with Gasteiger partial charge in [-0.2, -0.15) is 5.26 Å². The Kier molecular flexibility index (Phi) is 4.86. The highest BCUT2D eigenvalue weighted by Gasteiger charge is 1.98. The van der Waals surface area contributed by atoms with Crippen LogP contribution in [0.2, 0.25) is 0 Å². The lowest BCUT2D eigenvalue weighted by Crippen LogP contribution is -2.07. The van der Waals surface area contributed by atoms with E-state index in [1.165, 1.54) is 6.08 Å². The van der Waals surface area contributed by atoms with Gasteiger partial charge in [-0.1, -0.05) is 24.3 Å². The number of amides is 1. The zero-order valence-electron chi connectivity index (χ0n) is 11.3. The summed E-state index contributed by atoms with van der Waals surface area (Å²) < 4.78 is 0. The van der Waals surface area contributed by atoms with Crippen molar-refractivity contribution in [3.8, 4) is 6.07 Å². The summed E-state index contributed by atoms with van der Waals surface area (Å²) >= 11 is 0. The Labute approximate surface area is 123 Å². The molecule has 0 aromatic heterocycles. The van der Waals surface area contributed by atoms with E-state index in [2.05, 4.69) is 5.32 Å². The van der Waals surface area contributed by atoms with Crippen molar-refractivity contribution in [2.45, 2.75) is 6.61 Å². The summed E-state index contributed by atoms with van der Waals surface area (Å²) in [5.74, 6) is -0.240. The van der Waals surface area contributed by atoms with Crippen LogP contribution in [0, 0.1) is 11.3 Å². The van der Waals surface area contributed by atoms with Crippen molar-refractivity contribution in [1.82, 2.24) is 0 Å². The van der Waals surface area contributed by atoms with E-state index in [0.29, 0.717) is 11.3 Å². The molecular formula is C17H14N2O2. The van der Waals surface area contributed by atoms with Crippen LogP contribution in [0.5, 0.6) is 0 Å². The molecule has 4 heteroatoms. The van der Waals surface area contributed by atoms with Gasteiger partial charge in [0.05, 0.1) is 18.2 Å². The first-order chi connectivity index (χ1) is 10.2. The first kappa shape index (κ1) is 14.5. The lowest BCUT2D eigenvalue weighted by atomic mass is 10.1. The van der Waals surface area contributed by atoms with E-state index in [0.717, 1.165) is 11.1 Å². The Balaban J connectivity index is 1.96. The highest BCUT2D eigenvalue weighted by Crippen LogP contribution is 2.10. The van der Waals surface area contributed by atoms with Crippen LogP contribution in [0.1, 0.15) is 16.7 Å². The van der Waals surface area contributed by atoms with E-state index in [9.17, 15) is 4.79 Å². The van der Waals surface area contributed by atoms with Crippen molar-refractivity contribution in [3.63, 3.8) is 0 Å². The molecule has 0 radical (unpaired) electrons. The normalized spacial score (nSPS) is 10.3. The summed E-state index contributed by atoms with van der Waals surface area (Å²) in [5, 5.41) is 20.4. The van der Waals surface area contributed by atoms with Crippen LogP contribution < -0.4 is 5.32 Å². The van der Waals surface area contributed by atoms with Crippen LogP contribution in [0.15, 0.2) is 54.6 Å². The molecule has 0 spiro atoms. The predicted octanol–water partition coefficient (Wildman–Crippen LogP) is 2.70. The molecular weight excluding hydrogens is 264 g/mol. The SMILES string of the molecule is N#Cc1ccc(C=CC(=O)Nc2ccc(CO)cc2)cc1. The molecule has 0 fully saturated rings. The molecule has 0 aliphatic rings. The second-order valence-electron chi connectivity index (χ2n) is 4.41. The molecule has 0 unspecified atom stereocenters. The fourth-order valence-corrected chi connectivity index (χ4v) is 1.72. The Hall–Kier alpha value is -2.90. The molecule has 0 heterocycles. The van der Waals surface area contributed by atoms with Crippen molar-refractivity contribution in [3.05, 3.63) is 71.3 Å². The van der Waals surface area contributed by atoms with Crippen LogP contribution in [-0.2, 0) is 11.4 Å². The van der Waals surface area contributed by atoms with Gasteiger partial charge in [-0.05, 0) is 41.5 Å². The number of nitriles is 1. The number of hydrogen-bond donors (Lipinski definition) is 2. The van der Waals surface area contributed by atoms with Gasteiger partial charge in [0.25, 0.3) is 0 Å².